The van der Waals surface area contributed by atoms with Crippen LogP contribution in [0.3, 0.4) is 0 Å². The maximum Gasteiger partial charge on any atom is 0.305 e. The van der Waals surface area contributed by atoms with Crippen LogP contribution in [0.2, 0.25) is 0 Å². The molecule has 0 amide bonds. The first kappa shape index (κ1) is 54.8. The molecule has 0 aliphatic carbocycles. The number of carbonyl (C=O) groups is 1. The Morgan fingerprint density at radius 1 is 0.800 bits per heavy atom. The minimum Gasteiger partial charge on any atom is -0.748 e. The molecule has 0 saturated carbocycles. The summed E-state index contributed by atoms with van der Waals surface area (Å²) in [7, 11) is -17.6. The van der Waals surface area contributed by atoms with Gasteiger partial charge < -0.3 is 28.6 Å². The van der Waals surface area contributed by atoms with Gasteiger partial charge in [-0.2, -0.15) is 8.91 Å². The highest BCUT2D eigenvalue weighted by molar-refractivity contribution is 7.94. The molecule has 0 radical (unpaired) electrons. The van der Waals surface area contributed by atoms with Gasteiger partial charge in [0.15, 0.2) is 5.71 Å². The van der Waals surface area contributed by atoms with Gasteiger partial charge in [-0.3, -0.25) is 9.83 Å². The van der Waals surface area contributed by atoms with Crippen LogP contribution in [-0.4, -0.2) is 113 Å². The molecule has 0 aromatic heterocycles. The summed E-state index contributed by atoms with van der Waals surface area (Å²) >= 11 is 0.776. The normalized spacial score (nSPS) is 16.7. The van der Waals surface area contributed by atoms with Gasteiger partial charge in [-0.05, 0) is 86.4 Å². The Bertz CT molecular complexity index is 3290. The maximum absolute atomic E-state index is 14.0. The third kappa shape index (κ3) is 11.5. The quantitative estimate of drug-likeness (QED) is 0.0144. The zero-order valence-corrected chi connectivity index (χ0v) is 43.2. The molecule has 0 N–H and O–H groups in total. The Kier molecular flexibility index (Phi) is 16.6. The van der Waals surface area contributed by atoms with Gasteiger partial charge in [-0.15, -0.1) is 0 Å². The average Bonchev–Trinajstić information content (AvgIpc) is 3.62. The third-order valence-corrected chi connectivity index (χ3v) is 17.3. The smallest absolute Gasteiger partial charge is 0.305 e. The first-order chi connectivity index (χ1) is 32.7. The predicted octanol–water partition coefficient (Wildman–Crippen LogP) is 5.13. The maximum atomic E-state index is 14.0. The van der Waals surface area contributed by atoms with Crippen LogP contribution in [0, 0.1) is 0 Å². The molecule has 0 unspecified atom stereocenters. The molecule has 2 aliphatic rings. The molecule has 0 fully saturated rings. The standard InChI is InChI=1S/C46H55N3O16S5/c1-7-63-42(50)19-12-24-47(6)68(55,56)38-16-11-15-34-32(38)20-22-36-43(34)45(2,3)40(49(36)26-14-28-67(52,53)54)17-9-8-10-18-41-46(4,5)44-35-29-31(69(57,58)59)30-39(70(60,61)62)33(35)21-23-37(44)48(41)25-13-27-66-65-64-51/h8-11,15-18,20-23,29-30H,7,12-14,19,24-28H2,1-6H3,(H3-,51,52,53,54,57,58,59,60,61,62)/p-3. The Labute approximate surface area is 412 Å². The van der Waals surface area contributed by atoms with E-state index >= 15 is 0 Å². The zero-order chi connectivity index (χ0) is 51.6. The van der Waals surface area contributed by atoms with Crippen LogP contribution in [0.1, 0.15) is 71.4 Å². The summed E-state index contributed by atoms with van der Waals surface area (Å²) in [6.45, 7) is 9.92. The molecule has 4 aromatic rings. The number of ether oxygens (including phenoxy) is 1. The van der Waals surface area contributed by atoms with E-state index in [4.69, 9.17) is 4.74 Å². The molecular weight excluding hydrogens is 1010 g/mol. The van der Waals surface area contributed by atoms with Crippen molar-refractivity contribution in [3.05, 3.63) is 102 Å². The number of rotatable bonds is 22. The first-order valence-corrected chi connectivity index (χ1v) is 28.6. The lowest BCUT2D eigenvalue weighted by atomic mass is 9.79. The van der Waals surface area contributed by atoms with Crippen molar-refractivity contribution in [2.45, 2.75) is 85.8 Å². The summed E-state index contributed by atoms with van der Waals surface area (Å²) in [5.74, 6) is -0.735. The molecule has 19 nitrogen and oxygen atoms in total. The summed E-state index contributed by atoms with van der Waals surface area (Å²) < 4.78 is 150. The number of benzene rings is 4. The van der Waals surface area contributed by atoms with Crippen LogP contribution in [0.5, 0.6) is 0 Å². The fraction of sp³-hybridized carbons (Fsp3) is 0.391. The molecule has 0 atom stereocenters. The monoisotopic (exact) mass is 1060 g/mol. The van der Waals surface area contributed by atoms with Gasteiger partial charge in [0.1, 0.15) is 26.8 Å². The molecule has 0 spiro atoms. The number of hydrogen-bond acceptors (Lipinski definition) is 18. The fourth-order valence-corrected chi connectivity index (χ4v) is 12.9. The molecule has 24 heteroatoms. The summed E-state index contributed by atoms with van der Waals surface area (Å²) in [4.78, 5) is 12.1. The number of nitrogens with zero attached hydrogens (tertiary/aromatic N) is 3. The lowest BCUT2D eigenvalue weighted by Crippen LogP contribution is -2.28. The highest BCUT2D eigenvalue weighted by atomic mass is 32.2. The largest absolute Gasteiger partial charge is 0.748 e. The topological polar surface area (TPSA) is 283 Å². The number of fused-ring (bicyclic) bond motifs is 6. The number of allylic oxidation sites excluding steroid dienone is 6. The van der Waals surface area contributed by atoms with Gasteiger partial charge in [0.25, 0.3) is 0 Å². The van der Waals surface area contributed by atoms with Crippen molar-refractivity contribution in [3.63, 3.8) is 0 Å². The molecule has 70 heavy (non-hydrogen) atoms. The lowest BCUT2D eigenvalue weighted by molar-refractivity contribution is -0.777. The summed E-state index contributed by atoms with van der Waals surface area (Å²) in [5, 5.41) is 14.9. The van der Waals surface area contributed by atoms with Gasteiger partial charge in [0.2, 0.25) is 15.7 Å². The van der Waals surface area contributed by atoms with Crippen LogP contribution in [0.4, 0.5) is 11.4 Å². The number of hydrogen-bond donors (Lipinski definition) is 0. The van der Waals surface area contributed by atoms with E-state index in [1.165, 1.54) is 23.5 Å². The summed E-state index contributed by atoms with van der Waals surface area (Å²) in [6.07, 6.45) is 9.55. The van der Waals surface area contributed by atoms with Crippen molar-refractivity contribution in [2.24, 2.45) is 0 Å². The fourth-order valence-electron chi connectivity index (χ4n) is 9.35. The van der Waals surface area contributed by atoms with Crippen molar-refractivity contribution in [2.75, 3.05) is 49.7 Å². The number of anilines is 1. The zero-order valence-electron chi connectivity index (χ0n) is 39.1. The molecular formula is C46H52N3O16S5-3. The van der Waals surface area contributed by atoms with Crippen molar-refractivity contribution in [3.8, 4) is 0 Å². The molecule has 2 heterocycles. The number of sulfonamides is 1. The van der Waals surface area contributed by atoms with Crippen LogP contribution in [-0.2, 0) is 70.1 Å². The minimum absolute atomic E-state index is 0.0110. The van der Waals surface area contributed by atoms with Gasteiger partial charge in [0.05, 0.1) is 36.8 Å². The second-order valence-electron chi connectivity index (χ2n) is 17.6. The van der Waals surface area contributed by atoms with Gasteiger partial charge >= 0.3 is 5.97 Å². The molecule has 0 saturated heterocycles. The van der Waals surface area contributed by atoms with Crippen LogP contribution < -0.4 is 10.2 Å². The van der Waals surface area contributed by atoms with E-state index in [0.717, 1.165) is 23.7 Å². The highest BCUT2D eigenvalue weighted by Gasteiger charge is 2.46. The minimum atomic E-state index is -5.25. The van der Waals surface area contributed by atoms with E-state index in [-0.39, 0.29) is 54.6 Å². The van der Waals surface area contributed by atoms with Crippen molar-refractivity contribution < 1.29 is 76.1 Å². The van der Waals surface area contributed by atoms with Crippen molar-refractivity contribution in [1.82, 2.24) is 4.31 Å². The molecule has 4 aromatic carbocycles. The Morgan fingerprint density at radius 3 is 2.16 bits per heavy atom. The number of esters is 1. The van der Waals surface area contributed by atoms with E-state index in [9.17, 15) is 57.4 Å². The third-order valence-electron chi connectivity index (χ3n) is 12.3. The summed E-state index contributed by atoms with van der Waals surface area (Å²) in [5.41, 5.74) is 1.96. The molecule has 6 rings (SSSR count). The van der Waals surface area contributed by atoms with E-state index in [1.54, 1.807) is 55.5 Å². The van der Waals surface area contributed by atoms with E-state index in [0.29, 0.717) is 63.9 Å². The highest BCUT2D eigenvalue weighted by Crippen LogP contribution is 2.52. The Hall–Kier alpha value is -4.57. The Balaban J connectivity index is 1.40. The summed E-state index contributed by atoms with van der Waals surface area (Å²) in [6, 6.07) is 13.1. The second-order valence-corrected chi connectivity index (χ2v) is 24.6. The second kappa shape index (κ2) is 21.3. The van der Waals surface area contributed by atoms with E-state index < -0.39 is 72.7 Å². The van der Waals surface area contributed by atoms with Crippen LogP contribution in [0.15, 0.2) is 105 Å². The van der Waals surface area contributed by atoms with Crippen LogP contribution >= 0.6 is 12.0 Å². The lowest BCUT2D eigenvalue weighted by Gasteiger charge is -2.27. The molecule has 0 bridgehead atoms. The predicted molar refractivity (Wildman–Crippen MR) is 257 cm³/mol. The number of carbonyl (C=O) groups excluding carboxylic acids is 1. The first-order valence-electron chi connectivity index (χ1n) is 21.9. The van der Waals surface area contributed by atoms with E-state index in [2.05, 4.69) is 9.37 Å². The van der Waals surface area contributed by atoms with Gasteiger partial charge in [-0.1, -0.05) is 50.3 Å². The van der Waals surface area contributed by atoms with Crippen LogP contribution in [0.25, 0.3) is 21.5 Å². The van der Waals surface area contributed by atoms with Crippen molar-refractivity contribution in [1.29, 1.82) is 0 Å². The van der Waals surface area contributed by atoms with E-state index in [1.807, 2.05) is 49.3 Å². The van der Waals surface area contributed by atoms with Crippen molar-refractivity contribution >= 4 is 97.0 Å². The van der Waals surface area contributed by atoms with Gasteiger partial charge in [-0.25, -0.2) is 38.0 Å². The SMILES string of the molecule is CCOC(=O)CCCN(C)S(=O)(=O)c1cccc2c3c(ccc12)N(CCCS(=O)(=O)[O-])/C(=C/C=C/C=C/C1=[N+](CCCSOO[O-])c2ccc4c(S(=O)(=O)[O-])cc(S(=O)(=O)[O-])cc4c2C1(C)C)C3(C)C. The molecule has 2 aliphatic heterocycles. The average molecular weight is 1060 g/mol. The van der Waals surface area contributed by atoms with Gasteiger partial charge in [0, 0.05) is 102 Å². The molecule has 380 valence electrons. The Morgan fingerprint density at radius 2 is 1.50 bits per heavy atom.